The zero-order chi connectivity index (χ0) is 10.1. The van der Waals surface area contributed by atoms with Crippen molar-refractivity contribution in [1.29, 1.82) is 0 Å². The fraction of sp³-hybridized carbons (Fsp3) is 0.400. The van der Waals surface area contributed by atoms with Gasteiger partial charge in [-0.2, -0.15) is 0 Å². The van der Waals surface area contributed by atoms with Crippen LogP contribution in [0.15, 0.2) is 24.0 Å². The van der Waals surface area contributed by atoms with Crippen LogP contribution in [0.25, 0.3) is 0 Å². The largest absolute Gasteiger partial charge is 0.425 e. The summed E-state index contributed by atoms with van der Waals surface area (Å²) in [5.74, 6) is -0.178. The molecule has 0 N–H and O–H groups in total. The van der Waals surface area contributed by atoms with Crippen LogP contribution in [0.4, 0.5) is 0 Å². The second-order valence-corrected chi connectivity index (χ2v) is 3.82. The number of allylic oxidation sites excluding steroid dienone is 2. The summed E-state index contributed by atoms with van der Waals surface area (Å²) in [7, 11) is 0. The maximum atomic E-state index is 11.4. The van der Waals surface area contributed by atoms with Crippen LogP contribution in [0.3, 0.4) is 0 Å². The Balaban J connectivity index is 3.01. The lowest BCUT2D eigenvalue weighted by Gasteiger charge is -2.26. The molecule has 0 aromatic heterocycles. The number of carbonyl (C=O) groups excluding carboxylic acids is 2. The van der Waals surface area contributed by atoms with Gasteiger partial charge in [-0.1, -0.05) is 20.4 Å². The summed E-state index contributed by atoms with van der Waals surface area (Å²) < 4.78 is 4.57. The molecule has 70 valence electrons. The van der Waals surface area contributed by atoms with E-state index in [0.717, 1.165) is 0 Å². The van der Waals surface area contributed by atoms with Gasteiger partial charge in [0.1, 0.15) is 0 Å². The molecule has 0 aliphatic heterocycles. The zero-order valence-electron chi connectivity index (χ0n) is 7.79. The average molecular weight is 180 g/mol. The number of rotatable bonds is 2. The van der Waals surface area contributed by atoms with Crippen LogP contribution in [0, 0.1) is 5.41 Å². The van der Waals surface area contributed by atoms with Gasteiger partial charge in [-0.05, 0) is 23.5 Å². The SMILES string of the molecule is C=C1CC(C)(C)C=C(OC=O)C1=O. The molecule has 0 saturated carbocycles. The number of hydrogen-bond acceptors (Lipinski definition) is 3. The maximum absolute atomic E-state index is 11.4. The molecule has 0 radical (unpaired) electrons. The fourth-order valence-corrected chi connectivity index (χ4v) is 1.42. The highest BCUT2D eigenvalue weighted by molar-refractivity contribution is 6.08. The van der Waals surface area contributed by atoms with Crippen LogP contribution in [0.2, 0.25) is 0 Å². The zero-order valence-corrected chi connectivity index (χ0v) is 7.79. The minimum absolute atomic E-state index is 0.0938. The Hall–Kier alpha value is -1.38. The molecule has 0 unspecified atom stereocenters. The maximum Gasteiger partial charge on any atom is 0.298 e. The van der Waals surface area contributed by atoms with Crippen LogP contribution in [-0.2, 0) is 14.3 Å². The molecule has 0 aromatic rings. The van der Waals surface area contributed by atoms with Crippen molar-refractivity contribution in [3.05, 3.63) is 24.0 Å². The first kappa shape index (κ1) is 9.71. The van der Waals surface area contributed by atoms with Crippen LogP contribution in [0.1, 0.15) is 20.3 Å². The number of hydrogen-bond donors (Lipinski definition) is 0. The summed E-state index contributed by atoms with van der Waals surface area (Å²) in [4.78, 5) is 21.4. The predicted octanol–water partition coefficient (Wildman–Crippen LogP) is 1.60. The Kier molecular flexibility index (Phi) is 2.36. The molecule has 0 fully saturated rings. The molecular formula is C10H12O3. The first-order valence-electron chi connectivity index (χ1n) is 4.02. The summed E-state index contributed by atoms with van der Waals surface area (Å²) in [6.07, 6.45) is 2.27. The Morgan fingerprint density at radius 1 is 1.62 bits per heavy atom. The van der Waals surface area contributed by atoms with E-state index in [1.54, 1.807) is 6.08 Å². The van der Waals surface area contributed by atoms with E-state index in [2.05, 4.69) is 11.3 Å². The molecule has 0 spiro atoms. The third-order valence-electron chi connectivity index (χ3n) is 1.91. The Bertz CT molecular complexity index is 297. The van der Waals surface area contributed by atoms with E-state index in [1.807, 2.05) is 13.8 Å². The summed E-state index contributed by atoms with van der Waals surface area (Å²) >= 11 is 0. The van der Waals surface area contributed by atoms with Crippen molar-refractivity contribution in [1.82, 2.24) is 0 Å². The van der Waals surface area contributed by atoms with Crippen molar-refractivity contribution in [2.75, 3.05) is 0 Å². The molecule has 0 aromatic carbocycles. The molecule has 3 heteroatoms. The highest BCUT2D eigenvalue weighted by Gasteiger charge is 2.29. The molecule has 0 atom stereocenters. The monoisotopic (exact) mass is 180 g/mol. The standard InChI is InChI=1S/C10H12O3/c1-7-4-10(2,3)5-8(9(7)12)13-6-11/h5-6H,1,4H2,2-3H3. The lowest BCUT2D eigenvalue weighted by molar-refractivity contribution is -0.130. The van der Waals surface area contributed by atoms with Crippen LogP contribution in [0.5, 0.6) is 0 Å². The van der Waals surface area contributed by atoms with Crippen molar-refractivity contribution in [2.24, 2.45) is 5.41 Å². The van der Waals surface area contributed by atoms with Crippen molar-refractivity contribution >= 4 is 12.3 Å². The normalized spacial score (nSPS) is 20.9. The molecule has 1 rings (SSSR count). The van der Waals surface area contributed by atoms with Gasteiger partial charge in [0, 0.05) is 0 Å². The van der Waals surface area contributed by atoms with E-state index in [0.29, 0.717) is 12.0 Å². The number of ether oxygens (including phenoxy) is 1. The summed E-state index contributed by atoms with van der Waals surface area (Å²) in [6.45, 7) is 7.81. The lowest BCUT2D eigenvalue weighted by atomic mass is 9.79. The van der Waals surface area contributed by atoms with Gasteiger partial charge >= 0.3 is 0 Å². The number of Topliss-reactive ketones (excluding diaryl/α,β-unsaturated/α-hetero) is 1. The molecule has 0 saturated heterocycles. The Morgan fingerprint density at radius 3 is 2.77 bits per heavy atom. The van der Waals surface area contributed by atoms with Gasteiger partial charge in [0.2, 0.25) is 5.78 Å². The van der Waals surface area contributed by atoms with Gasteiger partial charge in [-0.25, -0.2) is 0 Å². The van der Waals surface area contributed by atoms with Crippen LogP contribution >= 0.6 is 0 Å². The fourth-order valence-electron chi connectivity index (χ4n) is 1.42. The smallest absolute Gasteiger partial charge is 0.298 e. The van der Waals surface area contributed by atoms with Crippen molar-refractivity contribution < 1.29 is 14.3 Å². The quantitative estimate of drug-likeness (QED) is 0.479. The third-order valence-corrected chi connectivity index (χ3v) is 1.91. The Labute approximate surface area is 77.1 Å². The average Bonchev–Trinajstić information content (AvgIpc) is 1.99. The third kappa shape index (κ3) is 2.05. The van der Waals surface area contributed by atoms with Crippen LogP contribution < -0.4 is 0 Å². The van der Waals surface area contributed by atoms with Gasteiger partial charge < -0.3 is 4.74 Å². The minimum atomic E-state index is -0.272. The van der Waals surface area contributed by atoms with E-state index >= 15 is 0 Å². The molecule has 1 aliphatic carbocycles. The van der Waals surface area contributed by atoms with E-state index in [-0.39, 0.29) is 23.4 Å². The van der Waals surface area contributed by atoms with E-state index in [9.17, 15) is 9.59 Å². The van der Waals surface area contributed by atoms with Crippen molar-refractivity contribution in [3.8, 4) is 0 Å². The van der Waals surface area contributed by atoms with E-state index < -0.39 is 0 Å². The van der Waals surface area contributed by atoms with Gasteiger partial charge in [-0.15, -0.1) is 0 Å². The first-order chi connectivity index (χ1) is 5.96. The van der Waals surface area contributed by atoms with Gasteiger partial charge in [0.05, 0.1) is 0 Å². The van der Waals surface area contributed by atoms with Gasteiger partial charge in [0.25, 0.3) is 6.47 Å². The van der Waals surface area contributed by atoms with E-state index in [4.69, 9.17) is 0 Å². The molecule has 0 amide bonds. The molecule has 3 nitrogen and oxygen atoms in total. The Morgan fingerprint density at radius 2 is 2.23 bits per heavy atom. The van der Waals surface area contributed by atoms with Crippen molar-refractivity contribution in [3.63, 3.8) is 0 Å². The summed E-state index contributed by atoms with van der Waals surface area (Å²) in [5, 5.41) is 0. The summed E-state index contributed by atoms with van der Waals surface area (Å²) in [5.41, 5.74) is 0.327. The molecule has 1 aliphatic rings. The summed E-state index contributed by atoms with van der Waals surface area (Å²) in [6, 6.07) is 0. The van der Waals surface area contributed by atoms with E-state index in [1.165, 1.54) is 0 Å². The number of ketones is 1. The number of carbonyl (C=O) groups is 2. The highest BCUT2D eigenvalue weighted by atomic mass is 16.5. The lowest BCUT2D eigenvalue weighted by Crippen LogP contribution is -2.23. The molecular weight excluding hydrogens is 168 g/mol. The van der Waals surface area contributed by atoms with Gasteiger partial charge in [-0.3, -0.25) is 9.59 Å². The predicted molar refractivity (Wildman–Crippen MR) is 47.8 cm³/mol. The second kappa shape index (κ2) is 3.17. The first-order valence-corrected chi connectivity index (χ1v) is 4.02. The highest BCUT2D eigenvalue weighted by Crippen LogP contribution is 2.33. The molecule has 13 heavy (non-hydrogen) atoms. The topological polar surface area (TPSA) is 43.4 Å². The molecule has 0 bridgehead atoms. The molecule has 0 heterocycles. The van der Waals surface area contributed by atoms with Crippen LogP contribution in [-0.4, -0.2) is 12.3 Å². The van der Waals surface area contributed by atoms with Gasteiger partial charge in [0.15, 0.2) is 5.76 Å². The second-order valence-electron chi connectivity index (χ2n) is 3.82. The minimum Gasteiger partial charge on any atom is -0.425 e. The van der Waals surface area contributed by atoms with Crippen molar-refractivity contribution in [2.45, 2.75) is 20.3 Å².